The first-order chi connectivity index (χ1) is 12.4. The molecule has 2 N–H and O–H groups in total. The molecule has 0 radical (unpaired) electrons. The predicted molar refractivity (Wildman–Crippen MR) is 100 cm³/mol. The molecule has 1 unspecified atom stereocenters. The van der Waals surface area contributed by atoms with Crippen LogP contribution in [0.1, 0.15) is 51.0 Å². The molecule has 4 aliphatic carbocycles. The molecule has 0 spiro atoms. The van der Waals surface area contributed by atoms with Crippen LogP contribution in [0.3, 0.4) is 0 Å². The molecule has 1 amide bonds. The molecular weight excluding hydrogens is 327 g/mol. The second-order valence-electron chi connectivity index (χ2n) is 9.51. The smallest absolute Gasteiger partial charge is 0.275 e. The molecule has 4 saturated carbocycles. The van der Waals surface area contributed by atoms with Gasteiger partial charge < -0.3 is 10.2 Å². The molecular formula is C22H32FN2O+. The number of hydrogen-bond acceptors (Lipinski definition) is 1. The van der Waals surface area contributed by atoms with Gasteiger partial charge in [-0.1, -0.05) is 12.1 Å². The van der Waals surface area contributed by atoms with Crippen LogP contribution < -0.4 is 10.2 Å². The van der Waals surface area contributed by atoms with E-state index in [1.54, 1.807) is 12.1 Å². The van der Waals surface area contributed by atoms with E-state index in [-0.39, 0.29) is 17.8 Å². The van der Waals surface area contributed by atoms with Crippen molar-refractivity contribution in [3.63, 3.8) is 0 Å². The number of rotatable bonds is 6. The first-order valence-electron chi connectivity index (χ1n) is 10.3. The molecule has 0 aliphatic heterocycles. The van der Waals surface area contributed by atoms with Crippen LogP contribution in [0.4, 0.5) is 4.39 Å². The van der Waals surface area contributed by atoms with Crippen LogP contribution in [0.25, 0.3) is 0 Å². The van der Waals surface area contributed by atoms with Crippen LogP contribution >= 0.6 is 0 Å². The van der Waals surface area contributed by atoms with Crippen molar-refractivity contribution in [2.75, 3.05) is 13.6 Å². The Balaban J connectivity index is 1.31. The summed E-state index contributed by atoms with van der Waals surface area (Å²) in [5.74, 6) is 2.66. The predicted octanol–water partition coefficient (Wildman–Crippen LogP) is 2.56. The SMILES string of the molecule is C[C@H](NC(=O)C[NH+](C)Cc1ccc(F)cc1)C12CC3CC(CC(C3)C1)C2. The highest BCUT2D eigenvalue weighted by Crippen LogP contribution is 2.61. The van der Waals surface area contributed by atoms with Crippen LogP contribution in [-0.4, -0.2) is 25.5 Å². The number of nitrogens with one attached hydrogen (secondary N) is 2. The minimum Gasteiger partial charge on any atom is -0.348 e. The van der Waals surface area contributed by atoms with Gasteiger partial charge in [-0.05, 0) is 80.8 Å². The van der Waals surface area contributed by atoms with E-state index in [1.165, 1.54) is 50.7 Å². The molecule has 4 aliphatic rings. The van der Waals surface area contributed by atoms with Crippen LogP contribution in [0.15, 0.2) is 24.3 Å². The Morgan fingerprint density at radius 2 is 1.69 bits per heavy atom. The van der Waals surface area contributed by atoms with Crippen LogP contribution in [0.2, 0.25) is 0 Å². The molecule has 4 fully saturated rings. The van der Waals surface area contributed by atoms with Crippen molar-refractivity contribution in [3.8, 4) is 0 Å². The fourth-order valence-corrected chi connectivity index (χ4v) is 6.44. The molecule has 26 heavy (non-hydrogen) atoms. The molecule has 2 atom stereocenters. The minimum atomic E-state index is -0.214. The summed E-state index contributed by atoms with van der Waals surface area (Å²) in [4.78, 5) is 13.7. The lowest BCUT2D eigenvalue weighted by Gasteiger charge is -2.59. The summed E-state index contributed by atoms with van der Waals surface area (Å²) in [6.45, 7) is 3.44. The Labute approximate surface area is 156 Å². The van der Waals surface area contributed by atoms with Crippen molar-refractivity contribution >= 4 is 5.91 Å². The van der Waals surface area contributed by atoms with Crippen molar-refractivity contribution in [1.82, 2.24) is 5.32 Å². The standard InChI is InChI=1S/C22H31FN2O/c1-15(22-10-17-7-18(11-22)9-19(8-17)12-22)24-21(26)14-25(2)13-16-3-5-20(23)6-4-16/h3-6,15,17-19H,7-14H2,1-2H3,(H,24,26)/p+1/t15-,17?,18?,19?,22?/m0/s1. The van der Waals surface area contributed by atoms with E-state index in [0.29, 0.717) is 12.0 Å². The molecule has 142 valence electrons. The second kappa shape index (κ2) is 6.95. The summed E-state index contributed by atoms with van der Waals surface area (Å²) in [7, 11) is 2.03. The third-order valence-corrected chi connectivity index (χ3v) is 7.26. The number of amides is 1. The average Bonchev–Trinajstić information content (AvgIpc) is 2.55. The van der Waals surface area contributed by atoms with Gasteiger partial charge in [-0.15, -0.1) is 0 Å². The van der Waals surface area contributed by atoms with Gasteiger partial charge in [-0.2, -0.15) is 0 Å². The highest BCUT2D eigenvalue weighted by molar-refractivity contribution is 5.77. The van der Waals surface area contributed by atoms with E-state index >= 15 is 0 Å². The molecule has 5 rings (SSSR count). The number of quaternary nitrogens is 1. The van der Waals surface area contributed by atoms with Crippen molar-refractivity contribution in [3.05, 3.63) is 35.6 Å². The lowest BCUT2D eigenvalue weighted by molar-refractivity contribution is -0.885. The third kappa shape index (κ3) is 3.66. The van der Waals surface area contributed by atoms with Crippen molar-refractivity contribution in [1.29, 1.82) is 0 Å². The summed E-state index contributed by atoms with van der Waals surface area (Å²) in [5.41, 5.74) is 1.42. The Kier molecular flexibility index (Phi) is 4.81. The van der Waals surface area contributed by atoms with Gasteiger partial charge in [-0.25, -0.2) is 4.39 Å². The van der Waals surface area contributed by atoms with Gasteiger partial charge in [0.25, 0.3) is 5.91 Å². The molecule has 0 saturated heterocycles. The number of carbonyl (C=O) groups is 1. The Hall–Kier alpha value is -1.42. The number of likely N-dealkylation sites (N-methyl/N-ethyl adjacent to an activating group) is 1. The average molecular weight is 360 g/mol. The Bertz CT molecular complexity index is 621. The number of halogens is 1. The monoisotopic (exact) mass is 359 g/mol. The summed E-state index contributed by atoms with van der Waals surface area (Å²) < 4.78 is 13.0. The Morgan fingerprint density at radius 1 is 1.15 bits per heavy atom. The molecule has 3 nitrogen and oxygen atoms in total. The van der Waals surface area contributed by atoms with E-state index in [1.807, 2.05) is 7.05 Å². The van der Waals surface area contributed by atoms with Gasteiger partial charge in [0, 0.05) is 11.6 Å². The molecule has 0 heterocycles. The molecule has 0 aromatic heterocycles. The number of carbonyl (C=O) groups excluding carboxylic acids is 1. The lowest BCUT2D eigenvalue weighted by Crippen LogP contribution is -3.09. The van der Waals surface area contributed by atoms with E-state index < -0.39 is 0 Å². The van der Waals surface area contributed by atoms with Crippen LogP contribution in [0, 0.1) is 29.0 Å². The zero-order valence-corrected chi connectivity index (χ0v) is 16.1. The Morgan fingerprint density at radius 3 is 2.23 bits per heavy atom. The fourth-order valence-electron chi connectivity index (χ4n) is 6.44. The maximum Gasteiger partial charge on any atom is 0.275 e. The van der Waals surface area contributed by atoms with Crippen molar-refractivity contribution in [2.45, 2.75) is 58.0 Å². The molecule has 4 heteroatoms. The maximum absolute atomic E-state index is 13.0. The normalized spacial score (nSPS) is 34.5. The van der Waals surface area contributed by atoms with Gasteiger partial charge in [0.05, 0.1) is 7.05 Å². The number of hydrogen-bond donors (Lipinski definition) is 2. The van der Waals surface area contributed by atoms with Gasteiger partial charge in [-0.3, -0.25) is 4.79 Å². The first kappa shape index (κ1) is 18.0. The van der Waals surface area contributed by atoms with E-state index in [9.17, 15) is 9.18 Å². The highest BCUT2D eigenvalue weighted by Gasteiger charge is 2.53. The summed E-state index contributed by atoms with van der Waals surface area (Å²) in [6.07, 6.45) is 8.26. The summed E-state index contributed by atoms with van der Waals surface area (Å²) >= 11 is 0. The third-order valence-electron chi connectivity index (χ3n) is 7.26. The zero-order chi connectivity index (χ0) is 18.3. The molecule has 1 aromatic rings. The van der Waals surface area contributed by atoms with Gasteiger partial charge in [0.2, 0.25) is 0 Å². The van der Waals surface area contributed by atoms with Gasteiger partial charge in [0.1, 0.15) is 12.4 Å². The first-order valence-corrected chi connectivity index (χ1v) is 10.3. The van der Waals surface area contributed by atoms with Gasteiger partial charge >= 0.3 is 0 Å². The van der Waals surface area contributed by atoms with Crippen molar-refractivity contribution < 1.29 is 14.1 Å². The lowest BCUT2D eigenvalue weighted by atomic mass is 9.48. The van der Waals surface area contributed by atoms with E-state index in [4.69, 9.17) is 0 Å². The quantitative estimate of drug-likeness (QED) is 0.804. The molecule has 4 bridgehead atoms. The zero-order valence-electron chi connectivity index (χ0n) is 16.1. The summed E-state index contributed by atoms with van der Waals surface area (Å²) in [6, 6.07) is 6.85. The van der Waals surface area contributed by atoms with Crippen LogP contribution in [0.5, 0.6) is 0 Å². The maximum atomic E-state index is 13.0. The second-order valence-corrected chi connectivity index (χ2v) is 9.51. The summed E-state index contributed by atoms with van der Waals surface area (Å²) in [5, 5.41) is 3.34. The number of benzene rings is 1. The van der Waals surface area contributed by atoms with Crippen LogP contribution in [-0.2, 0) is 11.3 Å². The molecule has 1 aromatic carbocycles. The topological polar surface area (TPSA) is 33.5 Å². The largest absolute Gasteiger partial charge is 0.348 e. The van der Waals surface area contributed by atoms with E-state index in [0.717, 1.165) is 34.8 Å². The highest BCUT2D eigenvalue weighted by atomic mass is 19.1. The van der Waals surface area contributed by atoms with E-state index in [2.05, 4.69) is 12.2 Å². The fraction of sp³-hybridized carbons (Fsp3) is 0.682. The van der Waals surface area contributed by atoms with Gasteiger partial charge in [0.15, 0.2) is 6.54 Å². The van der Waals surface area contributed by atoms with Crippen molar-refractivity contribution in [2.24, 2.45) is 23.2 Å². The minimum absolute atomic E-state index is 0.146.